The summed E-state index contributed by atoms with van der Waals surface area (Å²) in [6, 6.07) is 4.05. The minimum Gasteiger partial charge on any atom is -0.443 e. The molecule has 0 fully saturated rings. The van der Waals surface area contributed by atoms with E-state index in [1.807, 2.05) is 20.8 Å². The summed E-state index contributed by atoms with van der Waals surface area (Å²) in [5.74, 6) is 0.999. The lowest BCUT2D eigenvalue weighted by Crippen LogP contribution is -2.12. The van der Waals surface area contributed by atoms with E-state index in [0.717, 1.165) is 6.07 Å². The Morgan fingerprint density at radius 1 is 1.11 bits per heavy atom. The van der Waals surface area contributed by atoms with Gasteiger partial charge in [0, 0.05) is 29.4 Å². The minimum absolute atomic E-state index is 0.0201. The molecule has 3 heterocycles. The molecule has 1 N–H and O–H groups in total. The van der Waals surface area contributed by atoms with E-state index in [1.54, 1.807) is 18.3 Å². The number of aromatic nitrogens is 4. The fourth-order valence-electron chi connectivity index (χ4n) is 2.21. The normalized spacial score (nSPS) is 12.2. The van der Waals surface area contributed by atoms with Crippen molar-refractivity contribution in [3.8, 4) is 11.4 Å². The molecular weight excluding hydrogens is 359 g/mol. The van der Waals surface area contributed by atoms with Crippen molar-refractivity contribution in [3.05, 3.63) is 54.1 Å². The van der Waals surface area contributed by atoms with Crippen molar-refractivity contribution in [2.75, 3.05) is 5.32 Å². The van der Waals surface area contributed by atoms with Crippen LogP contribution in [0.2, 0.25) is 0 Å². The van der Waals surface area contributed by atoms with Gasteiger partial charge < -0.3 is 9.73 Å². The van der Waals surface area contributed by atoms with E-state index in [-0.39, 0.29) is 23.6 Å². The van der Waals surface area contributed by atoms with Crippen LogP contribution in [0.4, 0.5) is 19.0 Å². The summed E-state index contributed by atoms with van der Waals surface area (Å²) in [5, 5.41) is 2.82. The zero-order valence-electron chi connectivity index (χ0n) is 15.0. The average molecular weight is 377 g/mol. The number of hydrogen-bond donors (Lipinski definition) is 1. The lowest BCUT2D eigenvalue weighted by molar-refractivity contribution is -0.141. The summed E-state index contributed by atoms with van der Waals surface area (Å²) in [6.45, 7) is 6.03. The largest absolute Gasteiger partial charge is 0.443 e. The van der Waals surface area contributed by atoms with E-state index in [9.17, 15) is 13.2 Å². The lowest BCUT2D eigenvalue weighted by Gasteiger charge is -2.13. The topological polar surface area (TPSA) is 76.7 Å². The fraction of sp³-hybridized carbons (Fsp3) is 0.333. The summed E-state index contributed by atoms with van der Waals surface area (Å²) in [7, 11) is 0. The molecule has 0 spiro atoms. The molecule has 0 aliphatic heterocycles. The van der Waals surface area contributed by atoms with Gasteiger partial charge in [0.25, 0.3) is 0 Å². The zero-order valence-corrected chi connectivity index (χ0v) is 15.0. The maximum atomic E-state index is 13.2. The number of rotatable bonds is 4. The maximum absolute atomic E-state index is 13.2. The van der Waals surface area contributed by atoms with Gasteiger partial charge in [-0.25, -0.2) is 15.0 Å². The Morgan fingerprint density at radius 2 is 1.89 bits per heavy atom. The van der Waals surface area contributed by atoms with Crippen molar-refractivity contribution in [3.63, 3.8) is 0 Å². The molecule has 0 aromatic carbocycles. The second kappa shape index (κ2) is 6.98. The van der Waals surface area contributed by atoms with Crippen molar-refractivity contribution < 1.29 is 17.6 Å². The third-order valence-electron chi connectivity index (χ3n) is 3.65. The molecule has 0 amide bonds. The first-order valence-electron chi connectivity index (χ1n) is 8.18. The monoisotopic (exact) mass is 377 g/mol. The van der Waals surface area contributed by atoms with Crippen LogP contribution in [0.5, 0.6) is 0 Å². The fourth-order valence-corrected chi connectivity index (χ4v) is 2.21. The molecule has 0 unspecified atom stereocenters. The minimum atomic E-state index is -4.60. The van der Waals surface area contributed by atoms with Crippen LogP contribution < -0.4 is 5.32 Å². The molecule has 0 bridgehead atoms. The van der Waals surface area contributed by atoms with Crippen LogP contribution in [-0.4, -0.2) is 19.9 Å². The van der Waals surface area contributed by atoms with E-state index in [2.05, 4.69) is 25.3 Å². The summed E-state index contributed by atoms with van der Waals surface area (Å²) < 4.78 is 45.2. The van der Waals surface area contributed by atoms with Gasteiger partial charge in [-0.3, -0.25) is 4.98 Å². The Kier molecular flexibility index (Phi) is 4.86. The molecular formula is C18H18F3N5O. The number of nitrogens with zero attached hydrogens (tertiary/aromatic N) is 4. The molecule has 9 heteroatoms. The first-order chi connectivity index (χ1) is 12.6. The number of pyridine rings is 1. The molecule has 142 valence electrons. The molecule has 0 aliphatic rings. The number of oxazole rings is 1. The van der Waals surface area contributed by atoms with Crippen molar-refractivity contribution in [1.82, 2.24) is 19.9 Å². The average Bonchev–Trinajstić information content (AvgIpc) is 3.09. The van der Waals surface area contributed by atoms with Crippen LogP contribution >= 0.6 is 0 Å². The summed E-state index contributed by atoms with van der Waals surface area (Å²) >= 11 is 0. The Morgan fingerprint density at radius 3 is 2.48 bits per heavy atom. The van der Waals surface area contributed by atoms with Crippen LogP contribution in [0.15, 0.2) is 41.2 Å². The number of hydrogen-bond acceptors (Lipinski definition) is 6. The summed E-state index contributed by atoms with van der Waals surface area (Å²) in [4.78, 5) is 15.8. The highest BCUT2D eigenvalue weighted by Gasteiger charge is 2.34. The van der Waals surface area contributed by atoms with Crippen LogP contribution in [0.3, 0.4) is 0 Å². The van der Waals surface area contributed by atoms with E-state index in [1.165, 1.54) is 12.4 Å². The van der Waals surface area contributed by atoms with E-state index < -0.39 is 11.9 Å². The van der Waals surface area contributed by atoms with Crippen LogP contribution in [0, 0.1) is 0 Å². The molecule has 6 nitrogen and oxygen atoms in total. The SMILES string of the molecule is CC(C)(C)c1cnc(CNc2cc(C(F)(F)F)nc(-c3cccnc3)n2)o1. The zero-order chi connectivity index (χ0) is 19.7. The van der Waals surface area contributed by atoms with Crippen LogP contribution in [-0.2, 0) is 18.1 Å². The van der Waals surface area contributed by atoms with Gasteiger partial charge in [0.05, 0.1) is 12.7 Å². The van der Waals surface area contributed by atoms with Crippen LogP contribution in [0.1, 0.15) is 38.1 Å². The predicted molar refractivity (Wildman–Crippen MR) is 92.8 cm³/mol. The van der Waals surface area contributed by atoms with Crippen LogP contribution in [0.25, 0.3) is 11.4 Å². The first-order valence-corrected chi connectivity index (χ1v) is 8.18. The number of anilines is 1. The van der Waals surface area contributed by atoms with Crippen molar-refractivity contribution >= 4 is 5.82 Å². The number of halogens is 3. The van der Waals surface area contributed by atoms with Gasteiger partial charge in [-0.2, -0.15) is 13.2 Å². The van der Waals surface area contributed by atoms with Crippen molar-refractivity contribution in [2.24, 2.45) is 0 Å². The Bertz CT molecular complexity index is 917. The second-order valence-corrected chi connectivity index (χ2v) is 6.92. The van der Waals surface area contributed by atoms with Gasteiger partial charge in [0.1, 0.15) is 11.6 Å². The summed E-state index contributed by atoms with van der Waals surface area (Å²) in [6.07, 6.45) is -0.0630. The van der Waals surface area contributed by atoms with Gasteiger partial charge in [-0.15, -0.1) is 0 Å². The van der Waals surface area contributed by atoms with E-state index in [0.29, 0.717) is 17.2 Å². The summed E-state index contributed by atoms with van der Waals surface area (Å²) in [5.41, 5.74) is -0.865. The highest BCUT2D eigenvalue weighted by atomic mass is 19.4. The number of alkyl halides is 3. The molecule has 0 saturated heterocycles. The molecule has 27 heavy (non-hydrogen) atoms. The first kappa shape index (κ1) is 18.8. The van der Waals surface area contributed by atoms with Crippen molar-refractivity contribution in [2.45, 2.75) is 38.9 Å². The Hall–Kier alpha value is -2.97. The van der Waals surface area contributed by atoms with E-state index in [4.69, 9.17) is 4.42 Å². The van der Waals surface area contributed by atoms with Gasteiger partial charge in [-0.1, -0.05) is 20.8 Å². The second-order valence-electron chi connectivity index (χ2n) is 6.92. The van der Waals surface area contributed by atoms with Gasteiger partial charge >= 0.3 is 6.18 Å². The molecule has 0 aliphatic carbocycles. The molecule has 0 radical (unpaired) electrons. The Balaban J connectivity index is 1.87. The smallest absolute Gasteiger partial charge is 0.433 e. The molecule has 3 rings (SSSR count). The number of nitrogens with one attached hydrogen (secondary N) is 1. The van der Waals surface area contributed by atoms with Gasteiger partial charge in [0.15, 0.2) is 11.5 Å². The quantitative estimate of drug-likeness (QED) is 0.724. The molecule has 3 aromatic rings. The van der Waals surface area contributed by atoms with Gasteiger partial charge in [0.2, 0.25) is 5.89 Å². The third kappa shape index (κ3) is 4.60. The lowest BCUT2D eigenvalue weighted by atomic mass is 9.94. The third-order valence-corrected chi connectivity index (χ3v) is 3.65. The molecule has 0 saturated carbocycles. The maximum Gasteiger partial charge on any atom is 0.433 e. The highest BCUT2D eigenvalue weighted by Crippen LogP contribution is 2.31. The van der Waals surface area contributed by atoms with Crippen molar-refractivity contribution in [1.29, 1.82) is 0 Å². The molecule has 0 atom stereocenters. The predicted octanol–water partition coefficient (Wildman–Crippen LogP) is 4.46. The van der Waals surface area contributed by atoms with E-state index >= 15 is 0 Å². The standard InChI is InChI=1S/C18H18F3N5O/c1-17(2,3)13-9-24-15(27-13)10-23-14-7-12(18(19,20)21)25-16(26-14)11-5-4-6-22-8-11/h4-9H,10H2,1-3H3,(H,23,25,26). The van der Waals surface area contributed by atoms with Gasteiger partial charge in [-0.05, 0) is 12.1 Å². The molecule has 3 aromatic heterocycles. The highest BCUT2D eigenvalue weighted by molar-refractivity contribution is 5.56. The Labute approximate surface area is 153 Å².